The van der Waals surface area contributed by atoms with Crippen LogP contribution in [-0.2, 0) is 0 Å². The molecule has 0 saturated heterocycles. The summed E-state index contributed by atoms with van der Waals surface area (Å²) >= 11 is 3.50. The van der Waals surface area contributed by atoms with Crippen molar-refractivity contribution in [2.75, 3.05) is 7.11 Å². The first-order chi connectivity index (χ1) is 8.13. The van der Waals surface area contributed by atoms with Crippen LogP contribution in [-0.4, -0.2) is 7.11 Å². The molecule has 2 aromatic rings. The summed E-state index contributed by atoms with van der Waals surface area (Å²) in [4.78, 5) is 0. The molecule has 4 heteroatoms. The number of furan rings is 1. The third kappa shape index (κ3) is 2.37. The normalized spacial score (nSPS) is 12.5. The fraction of sp³-hybridized carbons (Fsp3) is 0.231. The van der Waals surface area contributed by atoms with Crippen molar-refractivity contribution in [3.63, 3.8) is 0 Å². The lowest BCUT2D eigenvalue weighted by molar-refractivity contribution is 0.414. The first-order valence-corrected chi connectivity index (χ1v) is 6.05. The predicted molar refractivity (Wildman–Crippen MR) is 70.2 cm³/mol. The molecule has 0 saturated carbocycles. The fourth-order valence-corrected chi connectivity index (χ4v) is 2.34. The number of hydrogen-bond acceptors (Lipinski definition) is 3. The largest absolute Gasteiger partial charge is 0.497 e. The Morgan fingerprint density at radius 3 is 2.65 bits per heavy atom. The van der Waals surface area contributed by atoms with E-state index in [0.717, 1.165) is 27.1 Å². The van der Waals surface area contributed by atoms with Crippen LogP contribution in [0.3, 0.4) is 0 Å². The highest BCUT2D eigenvalue weighted by Gasteiger charge is 2.17. The zero-order chi connectivity index (χ0) is 12.4. The zero-order valence-electron chi connectivity index (χ0n) is 9.74. The monoisotopic (exact) mass is 295 g/mol. The maximum absolute atomic E-state index is 6.19. The van der Waals surface area contributed by atoms with E-state index in [1.807, 2.05) is 31.2 Å². The summed E-state index contributed by atoms with van der Waals surface area (Å²) in [6, 6.07) is 7.36. The van der Waals surface area contributed by atoms with Crippen molar-refractivity contribution >= 4 is 15.9 Å². The summed E-state index contributed by atoms with van der Waals surface area (Å²) in [7, 11) is 1.64. The molecule has 17 heavy (non-hydrogen) atoms. The average molecular weight is 296 g/mol. The van der Waals surface area contributed by atoms with Gasteiger partial charge in [-0.1, -0.05) is 22.0 Å². The van der Waals surface area contributed by atoms with E-state index in [0.29, 0.717) is 0 Å². The SMILES string of the molecule is COc1ccc(C(N)c2occc2C)c(Br)c1. The van der Waals surface area contributed by atoms with E-state index < -0.39 is 0 Å². The highest BCUT2D eigenvalue weighted by Crippen LogP contribution is 2.31. The lowest BCUT2D eigenvalue weighted by Gasteiger charge is -2.13. The summed E-state index contributed by atoms with van der Waals surface area (Å²) in [5, 5.41) is 0. The van der Waals surface area contributed by atoms with Crippen LogP contribution >= 0.6 is 15.9 Å². The highest BCUT2D eigenvalue weighted by molar-refractivity contribution is 9.10. The van der Waals surface area contributed by atoms with E-state index in [1.165, 1.54) is 0 Å². The second kappa shape index (κ2) is 4.94. The number of aryl methyl sites for hydroxylation is 1. The van der Waals surface area contributed by atoms with Crippen molar-refractivity contribution in [1.29, 1.82) is 0 Å². The van der Waals surface area contributed by atoms with Gasteiger partial charge in [0.15, 0.2) is 0 Å². The van der Waals surface area contributed by atoms with Crippen LogP contribution in [0, 0.1) is 6.92 Å². The maximum Gasteiger partial charge on any atom is 0.127 e. The smallest absolute Gasteiger partial charge is 0.127 e. The quantitative estimate of drug-likeness (QED) is 0.944. The topological polar surface area (TPSA) is 48.4 Å². The molecule has 3 nitrogen and oxygen atoms in total. The minimum Gasteiger partial charge on any atom is -0.497 e. The molecule has 0 aliphatic rings. The van der Waals surface area contributed by atoms with Gasteiger partial charge in [-0.05, 0) is 36.2 Å². The maximum atomic E-state index is 6.19. The summed E-state index contributed by atoms with van der Waals surface area (Å²) in [5.41, 5.74) is 8.22. The number of halogens is 1. The van der Waals surface area contributed by atoms with Gasteiger partial charge in [0.2, 0.25) is 0 Å². The molecule has 0 radical (unpaired) electrons. The van der Waals surface area contributed by atoms with Gasteiger partial charge >= 0.3 is 0 Å². The van der Waals surface area contributed by atoms with Crippen LogP contribution < -0.4 is 10.5 Å². The minimum atomic E-state index is -0.273. The Kier molecular flexibility index (Phi) is 3.54. The molecule has 0 fully saturated rings. The third-order valence-electron chi connectivity index (χ3n) is 2.73. The molecule has 0 spiro atoms. The van der Waals surface area contributed by atoms with E-state index >= 15 is 0 Å². The average Bonchev–Trinajstić information content (AvgIpc) is 2.74. The first-order valence-electron chi connectivity index (χ1n) is 5.26. The highest BCUT2D eigenvalue weighted by atomic mass is 79.9. The van der Waals surface area contributed by atoms with Crippen LogP contribution in [0.15, 0.2) is 39.4 Å². The van der Waals surface area contributed by atoms with Gasteiger partial charge in [0, 0.05) is 4.47 Å². The molecular formula is C13H14BrNO2. The van der Waals surface area contributed by atoms with E-state index in [9.17, 15) is 0 Å². The number of benzene rings is 1. The van der Waals surface area contributed by atoms with Crippen LogP contribution in [0.5, 0.6) is 5.75 Å². The molecule has 0 aliphatic carbocycles. The molecular weight excluding hydrogens is 282 g/mol. The molecule has 1 atom stereocenters. The van der Waals surface area contributed by atoms with Crippen LogP contribution in [0.4, 0.5) is 0 Å². The lowest BCUT2D eigenvalue weighted by atomic mass is 10.0. The molecule has 2 N–H and O–H groups in total. The number of rotatable bonds is 3. The molecule has 0 aliphatic heterocycles. The molecule has 90 valence electrons. The molecule has 1 unspecified atom stereocenters. The van der Waals surface area contributed by atoms with E-state index in [4.69, 9.17) is 14.9 Å². The Labute approximate surface area is 109 Å². The van der Waals surface area contributed by atoms with Crippen molar-refractivity contribution in [3.05, 3.63) is 51.9 Å². The van der Waals surface area contributed by atoms with E-state index in [2.05, 4.69) is 15.9 Å². The molecule has 1 aromatic heterocycles. The number of methoxy groups -OCH3 is 1. The standard InChI is InChI=1S/C13H14BrNO2/c1-8-5-6-17-13(8)12(15)10-4-3-9(16-2)7-11(10)14/h3-7,12H,15H2,1-2H3. The van der Waals surface area contributed by atoms with Gasteiger partial charge in [-0.25, -0.2) is 0 Å². The van der Waals surface area contributed by atoms with Crippen molar-refractivity contribution in [3.8, 4) is 5.75 Å². The van der Waals surface area contributed by atoms with Crippen molar-refractivity contribution in [2.45, 2.75) is 13.0 Å². The second-order valence-electron chi connectivity index (χ2n) is 3.83. The molecule has 1 aromatic carbocycles. The van der Waals surface area contributed by atoms with E-state index in [-0.39, 0.29) is 6.04 Å². The van der Waals surface area contributed by atoms with Crippen LogP contribution in [0.1, 0.15) is 22.9 Å². The number of nitrogens with two attached hydrogens (primary N) is 1. The molecule has 1 heterocycles. The second-order valence-corrected chi connectivity index (χ2v) is 4.69. The van der Waals surface area contributed by atoms with Gasteiger partial charge in [-0.2, -0.15) is 0 Å². The Morgan fingerprint density at radius 1 is 1.35 bits per heavy atom. The molecule has 0 bridgehead atoms. The zero-order valence-corrected chi connectivity index (χ0v) is 11.3. The van der Waals surface area contributed by atoms with Crippen molar-refractivity contribution in [1.82, 2.24) is 0 Å². The van der Waals surface area contributed by atoms with Crippen molar-refractivity contribution in [2.24, 2.45) is 5.73 Å². The number of hydrogen-bond donors (Lipinski definition) is 1. The summed E-state index contributed by atoms with van der Waals surface area (Å²) < 4.78 is 11.5. The lowest BCUT2D eigenvalue weighted by Crippen LogP contribution is -2.12. The van der Waals surface area contributed by atoms with Gasteiger partial charge in [0.1, 0.15) is 11.5 Å². The summed E-state index contributed by atoms with van der Waals surface area (Å²) in [6.45, 7) is 1.98. The Hall–Kier alpha value is -1.26. The fourth-order valence-electron chi connectivity index (χ4n) is 1.73. The summed E-state index contributed by atoms with van der Waals surface area (Å²) in [6.07, 6.45) is 1.65. The molecule has 0 amide bonds. The molecule has 2 rings (SSSR count). The Balaban J connectivity index is 2.38. The van der Waals surface area contributed by atoms with E-state index in [1.54, 1.807) is 13.4 Å². The van der Waals surface area contributed by atoms with Gasteiger partial charge in [-0.15, -0.1) is 0 Å². The predicted octanol–water partition coefficient (Wildman–Crippen LogP) is 3.41. The van der Waals surface area contributed by atoms with Gasteiger partial charge in [-0.3, -0.25) is 0 Å². The van der Waals surface area contributed by atoms with Crippen LogP contribution in [0.2, 0.25) is 0 Å². The third-order valence-corrected chi connectivity index (χ3v) is 3.41. The number of ether oxygens (including phenoxy) is 1. The van der Waals surface area contributed by atoms with Gasteiger partial charge in [0.05, 0.1) is 19.4 Å². The van der Waals surface area contributed by atoms with Crippen molar-refractivity contribution < 1.29 is 9.15 Å². The van der Waals surface area contributed by atoms with Crippen LogP contribution in [0.25, 0.3) is 0 Å². The van der Waals surface area contributed by atoms with Gasteiger partial charge in [0.25, 0.3) is 0 Å². The minimum absolute atomic E-state index is 0.273. The summed E-state index contributed by atoms with van der Waals surface area (Å²) in [5.74, 6) is 1.58. The first kappa shape index (κ1) is 12.2. The Morgan fingerprint density at radius 2 is 2.12 bits per heavy atom. The van der Waals surface area contributed by atoms with Gasteiger partial charge < -0.3 is 14.9 Å². The Bertz CT molecular complexity index is 522.